The molecule has 0 aromatic carbocycles. The molecule has 0 saturated heterocycles. The van der Waals surface area contributed by atoms with Gasteiger partial charge in [-0.25, -0.2) is 9.50 Å². The molecule has 62 valence electrons. The van der Waals surface area contributed by atoms with Gasteiger partial charge in [0.1, 0.15) is 9.22 Å². The van der Waals surface area contributed by atoms with E-state index in [1.54, 1.807) is 16.9 Å². The summed E-state index contributed by atoms with van der Waals surface area (Å²) < 4.78 is 3.46. The first-order chi connectivity index (χ1) is 5.70. The van der Waals surface area contributed by atoms with Crippen molar-refractivity contribution in [1.29, 1.82) is 0 Å². The van der Waals surface area contributed by atoms with Gasteiger partial charge in [-0.2, -0.15) is 5.10 Å². The van der Waals surface area contributed by atoms with E-state index in [1.165, 1.54) is 0 Å². The van der Waals surface area contributed by atoms with E-state index in [9.17, 15) is 0 Å². The standard InChI is InChI=1S/C6H2BrClIN3/c7-3-4-5(8)10-1-2-12(4)11-6(3)9/h1-2H. The van der Waals surface area contributed by atoms with Crippen molar-refractivity contribution in [2.45, 2.75) is 0 Å². The van der Waals surface area contributed by atoms with Crippen LogP contribution < -0.4 is 0 Å². The fourth-order valence-corrected chi connectivity index (χ4v) is 2.19. The fraction of sp³-hybridized carbons (Fsp3) is 0. The molecule has 0 radical (unpaired) electrons. The molecule has 0 aliphatic carbocycles. The molecule has 0 N–H and O–H groups in total. The zero-order valence-electron chi connectivity index (χ0n) is 5.63. The van der Waals surface area contributed by atoms with Gasteiger partial charge in [-0.05, 0) is 38.5 Å². The van der Waals surface area contributed by atoms with E-state index >= 15 is 0 Å². The molecule has 0 aliphatic rings. The van der Waals surface area contributed by atoms with E-state index in [0.29, 0.717) is 5.15 Å². The van der Waals surface area contributed by atoms with Crippen LogP contribution in [0.4, 0.5) is 0 Å². The van der Waals surface area contributed by atoms with Crippen LogP contribution in [0.1, 0.15) is 0 Å². The first-order valence-electron chi connectivity index (χ1n) is 3.04. The molecule has 3 nitrogen and oxygen atoms in total. The average Bonchev–Trinajstić information content (AvgIpc) is 2.29. The van der Waals surface area contributed by atoms with Gasteiger partial charge in [-0.1, -0.05) is 11.6 Å². The second kappa shape index (κ2) is 3.12. The van der Waals surface area contributed by atoms with Crippen molar-refractivity contribution in [2.75, 3.05) is 0 Å². The summed E-state index contributed by atoms with van der Waals surface area (Å²) in [7, 11) is 0. The van der Waals surface area contributed by atoms with Crippen LogP contribution in [0.2, 0.25) is 5.15 Å². The van der Waals surface area contributed by atoms with Crippen LogP contribution in [-0.2, 0) is 0 Å². The highest BCUT2D eigenvalue weighted by Crippen LogP contribution is 2.27. The maximum Gasteiger partial charge on any atom is 0.155 e. The molecule has 2 heterocycles. The lowest BCUT2D eigenvalue weighted by Gasteiger charge is -1.92. The Bertz CT molecular complexity index is 442. The van der Waals surface area contributed by atoms with Crippen molar-refractivity contribution in [3.8, 4) is 0 Å². The van der Waals surface area contributed by atoms with Crippen molar-refractivity contribution >= 4 is 55.6 Å². The smallest absolute Gasteiger partial charge is 0.155 e. The predicted molar refractivity (Wildman–Crippen MR) is 58.4 cm³/mol. The second-order valence-electron chi connectivity index (χ2n) is 2.12. The Morgan fingerprint density at radius 3 is 3.00 bits per heavy atom. The summed E-state index contributed by atoms with van der Waals surface area (Å²) in [5, 5.41) is 4.66. The van der Waals surface area contributed by atoms with E-state index in [-0.39, 0.29) is 0 Å². The van der Waals surface area contributed by atoms with Crippen LogP contribution in [0.3, 0.4) is 0 Å². The molecule has 2 rings (SSSR count). The van der Waals surface area contributed by atoms with Crippen molar-refractivity contribution in [1.82, 2.24) is 14.6 Å². The van der Waals surface area contributed by atoms with E-state index in [4.69, 9.17) is 11.6 Å². The highest BCUT2D eigenvalue weighted by atomic mass is 127. The number of hydrogen-bond donors (Lipinski definition) is 0. The van der Waals surface area contributed by atoms with E-state index in [2.05, 4.69) is 48.6 Å². The molecular weight excluding hydrogens is 356 g/mol. The molecule has 2 aromatic rings. The maximum absolute atomic E-state index is 5.87. The number of aromatic nitrogens is 3. The molecule has 0 amide bonds. The summed E-state index contributed by atoms with van der Waals surface area (Å²) in [5.41, 5.74) is 0.809. The lowest BCUT2D eigenvalue weighted by molar-refractivity contribution is 0.932. The lowest BCUT2D eigenvalue weighted by Crippen LogP contribution is -1.87. The molecule has 12 heavy (non-hydrogen) atoms. The highest BCUT2D eigenvalue weighted by molar-refractivity contribution is 14.1. The van der Waals surface area contributed by atoms with Gasteiger partial charge in [0.25, 0.3) is 0 Å². The molecule has 0 aliphatic heterocycles. The van der Waals surface area contributed by atoms with E-state index in [1.807, 2.05) is 0 Å². The number of halogens is 3. The molecule has 0 saturated carbocycles. The number of nitrogens with zero attached hydrogens (tertiary/aromatic N) is 3. The summed E-state index contributed by atoms with van der Waals surface area (Å²) in [6.45, 7) is 0. The quantitative estimate of drug-likeness (QED) is 0.678. The topological polar surface area (TPSA) is 30.2 Å². The molecular formula is C6H2BrClIN3. The zero-order valence-corrected chi connectivity index (χ0v) is 10.1. The third-order valence-corrected chi connectivity index (χ3v) is 3.93. The Morgan fingerprint density at radius 1 is 1.58 bits per heavy atom. The number of hydrogen-bond acceptors (Lipinski definition) is 2. The minimum atomic E-state index is 0.458. The third-order valence-electron chi connectivity index (χ3n) is 1.40. The summed E-state index contributed by atoms with van der Waals surface area (Å²) in [6, 6.07) is 0. The van der Waals surface area contributed by atoms with E-state index < -0.39 is 0 Å². The maximum atomic E-state index is 5.87. The van der Waals surface area contributed by atoms with Crippen molar-refractivity contribution < 1.29 is 0 Å². The van der Waals surface area contributed by atoms with E-state index in [0.717, 1.165) is 13.7 Å². The Morgan fingerprint density at radius 2 is 2.33 bits per heavy atom. The molecule has 0 fully saturated rings. The molecule has 6 heteroatoms. The van der Waals surface area contributed by atoms with Gasteiger partial charge >= 0.3 is 0 Å². The predicted octanol–water partition coefficient (Wildman–Crippen LogP) is 2.75. The summed E-state index contributed by atoms with van der Waals surface area (Å²) in [6.07, 6.45) is 3.37. The lowest BCUT2D eigenvalue weighted by atomic mass is 10.5. The SMILES string of the molecule is Clc1nccn2nc(I)c(Br)c12. The number of rotatable bonds is 0. The molecule has 2 aromatic heterocycles. The van der Waals surface area contributed by atoms with Gasteiger partial charge in [0, 0.05) is 12.4 Å². The van der Waals surface area contributed by atoms with Gasteiger partial charge in [-0.3, -0.25) is 0 Å². The van der Waals surface area contributed by atoms with Gasteiger partial charge in [0.2, 0.25) is 0 Å². The number of fused-ring (bicyclic) bond motifs is 1. The van der Waals surface area contributed by atoms with Crippen molar-refractivity contribution in [2.24, 2.45) is 0 Å². The molecule has 0 bridgehead atoms. The second-order valence-corrected chi connectivity index (χ2v) is 4.29. The zero-order chi connectivity index (χ0) is 8.72. The van der Waals surface area contributed by atoms with Gasteiger partial charge < -0.3 is 0 Å². The molecule has 0 atom stereocenters. The summed E-state index contributed by atoms with van der Waals surface area (Å²) in [5.74, 6) is 0. The Balaban J connectivity index is 2.97. The largest absolute Gasteiger partial charge is 0.241 e. The summed E-state index contributed by atoms with van der Waals surface area (Å²) >= 11 is 11.4. The minimum Gasteiger partial charge on any atom is -0.241 e. The van der Waals surface area contributed by atoms with Crippen LogP contribution in [-0.4, -0.2) is 14.6 Å². The van der Waals surface area contributed by atoms with Crippen LogP contribution in [0.25, 0.3) is 5.52 Å². The van der Waals surface area contributed by atoms with Crippen LogP contribution in [0.5, 0.6) is 0 Å². The average molecular weight is 358 g/mol. The molecule has 0 spiro atoms. The molecule has 0 unspecified atom stereocenters. The van der Waals surface area contributed by atoms with Crippen LogP contribution in [0.15, 0.2) is 16.9 Å². The van der Waals surface area contributed by atoms with Gasteiger partial charge in [-0.15, -0.1) is 0 Å². The Kier molecular flexibility index (Phi) is 2.26. The highest BCUT2D eigenvalue weighted by Gasteiger charge is 2.10. The monoisotopic (exact) mass is 357 g/mol. The van der Waals surface area contributed by atoms with Crippen LogP contribution in [0, 0.1) is 3.70 Å². The third kappa shape index (κ3) is 1.23. The Labute approximate surface area is 95.4 Å². The van der Waals surface area contributed by atoms with Crippen molar-refractivity contribution in [3.05, 3.63) is 25.7 Å². The Hall–Kier alpha value is 0.120. The first kappa shape index (κ1) is 8.71. The van der Waals surface area contributed by atoms with Crippen molar-refractivity contribution in [3.63, 3.8) is 0 Å². The normalized spacial score (nSPS) is 10.9. The summed E-state index contributed by atoms with van der Waals surface area (Å²) in [4.78, 5) is 3.95. The minimum absolute atomic E-state index is 0.458. The fourth-order valence-electron chi connectivity index (χ4n) is 0.903. The van der Waals surface area contributed by atoms with Gasteiger partial charge in [0.05, 0.1) is 4.47 Å². The van der Waals surface area contributed by atoms with Gasteiger partial charge in [0.15, 0.2) is 5.15 Å². The van der Waals surface area contributed by atoms with Crippen LogP contribution >= 0.6 is 50.1 Å². The first-order valence-corrected chi connectivity index (χ1v) is 5.29.